The molecular weight excluding hydrogens is 230 g/mol. The Labute approximate surface area is 94.8 Å². The lowest BCUT2D eigenvalue weighted by atomic mass is 10.2. The highest BCUT2D eigenvalue weighted by Gasteiger charge is 2.11. The zero-order valence-electron chi connectivity index (χ0n) is 8.44. The largest absolute Gasteiger partial charge is 0.481 e. The fraction of sp³-hybridized carbons (Fsp3) is 0.375. The number of tetrazole rings is 1. The number of rotatable bonds is 4. The van der Waals surface area contributed by atoms with Crippen molar-refractivity contribution >= 4 is 23.4 Å². The summed E-state index contributed by atoms with van der Waals surface area (Å²) >= 11 is 1.37. The highest BCUT2D eigenvalue weighted by atomic mass is 32.2. The number of nitrogens with zero attached hydrogens (tertiary/aromatic N) is 5. The number of thioether (sulfide) groups is 1. The molecule has 0 saturated carbocycles. The molecule has 2 rings (SSSR count). The maximum atomic E-state index is 10.6. The minimum atomic E-state index is -0.809. The Morgan fingerprint density at radius 2 is 2.44 bits per heavy atom. The van der Waals surface area contributed by atoms with Crippen molar-refractivity contribution in [3.63, 3.8) is 0 Å². The van der Waals surface area contributed by atoms with Crippen LogP contribution in [0.2, 0.25) is 0 Å². The van der Waals surface area contributed by atoms with Gasteiger partial charge in [-0.15, -0.1) is 26.6 Å². The van der Waals surface area contributed by atoms with Gasteiger partial charge in [0.25, 0.3) is 0 Å². The number of hydrogen-bond acceptors (Lipinski definition) is 6. The molecule has 0 aliphatic carbocycles. The van der Waals surface area contributed by atoms with Gasteiger partial charge in [0.1, 0.15) is 5.03 Å². The summed E-state index contributed by atoms with van der Waals surface area (Å²) in [7, 11) is 0. The molecule has 84 valence electrons. The van der Waals surface area contributed by atoms with E-state index in [-0.39, 0.29) is 0 Å². The topological polar surface area (TPSA) is 93.3 Å². The van der Waals surface area contributed by atoms with Crippen molar-refractivity contribution in [1.29, 1.82) is 0 Å². The van der Waals surface area contributed by atoms with Gasteiger partial charge in [-0.2, -0.15) is 0 Å². The van der Waals surface area contributed by atoms with Crippen molar-refractivity contribution in [2.75, 3.05) is 5.75 Å². The fourth-order valence-electron chi connectivity index (χ4n) is 0.992. The number of hydrogen-bond donors (Lipinski definition) is 1. The van der Waals surface area contributed by atoms with Crippen LogP contribution in [0.3, 0.4) is 0 Å². The SMILES string of the molecule is CC(CSc1ccc2nnnn2n1)C(=O)O. The Hall–Kier alpha value is -1.70. The quantitative estimate of drug-likeness (QED) is 0.768. The Bertz CT molecular complexity index is 514. The molecule has 1 unspecified atom stereocenters. The second kappa shape index (κ2) is 4.44. The molecule has 0 radical (unpaired) electrons. The second-order valence-corrected chi connectivity index (χ2v) is 4.29. The molecular formula is C8H9N5O2S. The minimum Gasteiger partial charge on any atom is -0.481 e. The second-order valence-electron chi connectivity index (χ2n) is 3.25. The van der Waals surface area contributed by atoms with Crippen molar-refractivity contribution in [3.05, 3.63) is 12.1 Å². The molecule has 0 aromatic carbocycles. The smallest absolute Gasteiger partial charge is 0.307 e. The molecule has 0 spiro atoms. The summed E-state index contributed by atoms with van der Waals surface area (Å²) in [4.78, 5) is 10.6. The average molecular weight is 239 g/mol. The van der Waals surface area contributed by atoms with E-state index in [9.17, 15) is 4.79 Å². The predicted molar refractivity (Wildman–Crippen MR) is 56.1 cm³/mol. The van der Waals surface area contributed by atoms with Crippen LogP contribution in [0.5, 0.6) is 0 Å². The Morgan fingerprint density at radius 1 is 1.62 bits per heavy atom. The van der Waals surface area contributed by atoms with Crippen LogP contribution in [-0.2, 0) is 4.79 Å². The maximum absolute atomic E-state index is 10.6. The monoisotopic (exact) mass is 239 g/mol. The van der Waals surface area contributed by atoms with Crippen molar-refractivity contribution < 1.29 is 9.90 Å². The first-order valence-electron chi connectivity index (χ1n) is 4.58. The van der Waals surface area contributed by atoms with Gasteiger partial charge in [-0.1, -0.05) is 6.92 Å². The molecule has 1 N–H and O–H groups in total. The molecule has 0 aliphatic heterocycles. The van der Waals surface area contributed by atoms with E-state index in [2.05, 4.69) is 20.6 Å². The standard InChI is InChI=1S/C8H9N5O2S/c1-5(8(14)15)4-16-7-3-2-6-9-11-12-13(6)10-7/h2-3,5H,4H2,1H3,(H,14,15). The number of aliphatic carboxylic acids is 1. The first-order valence-corrected chi connectivity index (χ1v) is 5.56. The molecule has 0 fully saturated rings. The summed E-state index contributed by atoms with van der Waals surface area (Å²) in [5, 5.41) is 24.4. The van der Waals surface area contributed by atoms with E-state index >= 15 is 0 Å². The Kier molecular flexibility index (Phi) is 3.00. The zero-order valence-corrected chi connectivity index (χ0v) is 9.26. The number of carboxylic acid groups (broad SMARTS) is 1. The molecule has 0 bridgehead atoms. The summed E-state index contributed by atoms with van der Waals surface area (Å²) in [5.41, 5.74) is 0.565. The van der Waals surface area contributed by atoms with Gasteiger partial charge in [0.15, 0.2) is 5.65 Å². The lowest BCUT2D eigenvalue weighted by molar-refractivity contribution is -0.140. The number of fused-ring (bicyclic) bond motifs is 1. The van der Waals surface area contributed by atoms with Crippen LogP contribution in [0.4, 0.5) is 0 Å². The third-order valence-electron chi connectivity index (χ3n) is 1.95. The maximum Gasteiger partial charge on any atom is 0.307 e. The summed E-state index contributed by atoms with van der Waals surface area (Å²) in [6, 6.07) is 3.51. The van der Waals surface area contributed by atoms with Crippen molar-refractivity contribution in [2.24, 2.45) is 5.92 Å². The first kappa shape index (κ1) is 10.8. The van der Waals surface area contributed by atoms with E-state index < -0.39 is 11.9 Å². The highest BCUT2D eigenvalue weighted by Crippen LogP contribution is 2.18. The van der Waals surface area contributed by atoms with E-state index in [4.69, 9.17) is 5.11 Å². The molecule has 1 atom stereocenters. The molecule has 16 heavy (non-hydrogen) atoms. The molecule has 0 aliphatic rings. The normalized spacial score (nSPS) is 12.8. The first-order chi connectivity index (χ1) is 7.66. The van der Waals surface area contributed by atoms with E-state index in [0.717, 1.165) is 0 Å². The third-order valence-corrected chi connectivity index (χ3v) is 3.13. The summed E-state index contributed by atoms with van der Waals surface area (Å²) < 4.78 is 1.31. The van der Waals surface area contributed by atoms with E-state index in [1.54, 1.807) is 19.1 Å². The van der Waals surface area contributed by atoms with Gasteiger partial charge in [-0.05, 0) is 22.6 Å². The Morgan fingerprint density at radius 3 is 3.19 bits per heavy atom. The van der Waals surface area contributed by atoms with E-state index in [0.29, 0.717) is 16.4 Å². The van der Waals surface area contributed by atoms with Crippen molar-refractivity contribution in [3.8, 4) is 0 Å². The van der Waals surface area contributed by atoms with Gasteiger partial charge >= 0.3 is 5.97 Å². The van der Waals surface area contributed by atoms with E-state index in [1.807, 2.05) is 0 Å². The van der Waals surface area contributed by atoms with Gasteiger partial charge < -0.3 is 5.11 Å². The molecule has 8 heteroatoms. The van der Waals surface area contributed by atoms with Crippen LogP contribution in [-0.4, -0.2) is 42.1 Å². The minimum absolute atomic E-state index is 0.406. The molecule has 7 nitrogen and oxygen atoms in total. The van der Waals surface area contributed by atoms with Crippen LogP contribution < -0.4 is 0 Å². The number of carbonyl (C=O) groups is 1. The Balaban J connectivity index is 2.06. The zero-order chi connectivity index (χ0) is 11.5. The molecule has 0 amide bonds. The summed E-state index contributed by atoms with van der Waals surface area (Å²) in [6.45, 7) is 1.66. The summed E-state index contributed by atoms with van der Waals surface area (Å²) in [6.07, 6.45) is 0. The molecule has 0 saturated heterocycles. The van der Waals surface area contributed by atoms with E-state index in [1.165, 1.54) is 16.4 Å². The molecule has 2 aromatic rings. The van der Waals surface area contributed by atoms with Crippen LogP contribution in [0.1, 0.15) is 6.92 Å². The van der Waals surface area contributed by atoms with Crippen LogP contribution in [0.15, 0.2) is 17.2 Å². The number of carboxylic acids is 1. The lowest BCUT2D eigenvalue weighted by Gasteiger charge is -2.04. The van der Waals surface area contributed by atoms with Crippen LogP contribution in [0, 0.1) is 5.92 Å². The summed E-state index contributed by atoms with van der Waals surface area (Å²) in [5.74, 6) is -0.747. The van der Waals surface area contributed by atoms with Crippen LogP contribution >= 0.6 is 11.8 Å². The van der Waals surface area contributed by atoms with Crippen molar-refractivity contribution in [1.82, 2.24) is 25.3 Å². The molecule has 2 heterocycles. The van der Waals surface area contributed by atoms with Gasteiger partial charge in [-0.3, -0.25) is 4.79 Å². The lowest BCUT2D eigenvalue weighted by Crippen LogP contribution is -2.12. The van der Waals surface area contributed by atoms with Gasteiger partial charge in [0, 0.05) is 5.75 Å². The fourth-order valence-corrected chi connectivity index (χ4v) is 1.85. The third kappa shape index (κ3) is 2.27. The van der Waals surface area contributed by atoms with Crippen molar-refractivity contribution in [2.45, 2.75) is 11.9 Å². The van der Waals surface area contributed by atoms with Gasteiger partial charge in [0.2, 0.25) is 0 Å². The molecule has 2 aromatic heterocycles. The predicted octanol–water partition coefficient (Wildman–Crippen LogP) is 0.332. The average Bonchev–Trinajstić information content (AvgIpc) is 2.72. The van der Waals surface area contributed by atoms with Crippen LogP contribution in [0.25, 0.3) is 5.65 Å². The van der Waals surface area contributed by atoms with Gasteiger partial charge in [0.05, 0.1) is 5.92 Å². The number of aromatic nitrogens is 5. The highest BCUT2D eigenvalue weighted by molar-refractivity contribution is 7.99. The van der Waals surface area contributed by atoms with Gasteiger partial charge in [-0.25, -0.2) is 0 Å².